The number of likely N-dealkylation sites (tertiary alicyclic amines) is 1. The van der Waals surface area contributed by atoms with E-state index in [0.29, 0.717) is 12.1 Å². The molecule has 112 valence electrons. The monoisotopic (exact) mass is 278 g/mol. The Kier molecular flexibility index (Phi) is 5.26. The van der Waals surface area contributed by atoms with Gasteiger partial charge in [0.1, 0.15) is 11.5 Å². The minimum atomic E-state index is 0.467. The van der Waals surface area contributed by atoms with Crippen LogP contribution in [0, 0.1) is 0 Å². The van der Waals surface area contributed by atoms with Gasteiger partial charge in [-0.1, -0.05) is 6.42 Å². The minimum absolute atomic E-state index is 0.467. The number of benzene rings is 1. The second-order valence-electron chi connectivity index (χ2n) is 5.52. The molecule has 20 heavy (non-hydrogen) atoms. The summed E-state index contributed by atoms with van der Waals surface area (Å²) in [5, 5.41) is 0. The number of hydrogen-bond acceptors (Lipinski definition) is 4. The predicted molar refractivity (Wildman–Crippen MR) is 81.2 cm³/mol. The normalized spacial score (nSPS) is 23.6. The Balaban J connectivity index is 2.22. The van der Waals surface area contributed by atoms with Gasteiger partial charge in [-0.25, -0.2) is 0 Å². The van der Waals surface area contributed by atoms with E-state index in [0.717, 1.165) is 24.6 Å². The molecule has 0 amide bonds. The molecule has 4 heteroatoms. The van der Waals surface area contributed by atoms with Crippen LogP contribution in [0.2, 0.25) is 0 Å². The third-order valence-corrected chi connectivity index (χ3v) is 4.31. The topological polar surface area (TPSA) is 47.7 Å². The number of nitrogens with two attached hydrogens (primary N) is 1. The lowest BCUT2D eigenvalue weighted by atomic mass is 9.95. The minimum Gasteiger partial charge on any atom is -0.497 e. The molecule has 1 heterocycles. The molecule has 0 saturated carbocycles. The molecule has 0 aromatic heterocycles. The van der Waals surface area contributed by atoms with E-state index in [9.17, 15) is 0 Å². The van der Waals surface area contributed by atoms with Crippen molar-refractivity contribution in [1.82, 2.24) is 4.90 Å². The number of hydrogen-bond donors (Lipinski definition) is 1. The van der Waals surface area contributed by atoms with Crippen molar-refractivity contribution < 1.29 is 9.47 Å². The molecular formula is C16H26N2O2. The fraction of sp³-hybridized carbons (Fsp3) is 0.625. The van der Waals surface area contributed by atoms with E-state index < -0.39 is 0 Å². The summed E-state index contributed by atoms with van der Waals surface area (Å²) in [5.74, 6) is 1.79. The molecule has 0 radical (unpaired) electrons. The summed E-state index contributed by atoms with van der Waals surface area (Å²) < 4.78 is 10.8. The van der Waals surface area contributed by atoms with Gasteiger partial charge in [0.05, 0.1) is 14.2 Å². The van der Waals surface area contributed by atoms with Crippen molar-refractivity contribution in [2.45, 2.75) is 44.8 Å². The summed E-state index contributed by atoms with van der Waals surface area (Å²) >= 11 is 0. The van der Waals surface area contributed by atoms with Gasteiger partial charge in [0.2, 0.25) is 0 Å². The Morgan fingerprint density at radius 1 is 1.25 bits per heavy atom. The fourth-order valence-electron chi connectivity index (χ4n) is 3.08. The first-order valence-corrected chi connectivity index (χ1v) is 7.36. The average molecular weight is 278 g/mol. The SMILES string of the molecule is COc1ccc(OC)c(CN2C(C)CCCC2CN)c1. The van der Waals surface area contributed by atoms with Crippen LogP contribution >= 0.6 is 0 Å². The number of ether oxygens (including phenoxy) is 2. The highest BCUT2D eigenvalue weighted by Crippen LogP contribution is 2.30. The fourth-order valence-corrected chi connectivity index (χ4v) is 3.08. The van der Waals surface area contributed by atoms with Gasteiger partial charge < -0.3 is 15.2 Å². The van der Waals surface area contributed by atoms with Gasteiger partial charge in [-0.3, -0.25) is 4.90 Å². The van der Waals surface area contributed by atoms with E-state index in [1.54, 1.807) is 14.2 Å². The van der Waals surface area contributed by atoms with Crippen LogP contribution in [0.5, 0.6) is 11.5 Å². The molecule has 2 unspecified atom stereocenters. The lowest BCUT2D eigenvalue weighted by molar-refractivity contribution is 0.0882. The molecule has 1 aliphatic heterocycles. The van der Waals surface area contributed by atoms with E-state index in [1.807, 2.05) is 12.1 Å². The molecule has 0 bridgehead atoms. The highest BCUT2D eigenvalue weighted by Gasteiger charge is 2.27. The van der Waals surface area contributed by atoms with Crippen LogP contribution in [0.15, 0.2) is 18.2 Å². The molecule has 2 atom stereocenters. The van der Waals surface area contributed by atoms with Crippen LogP contribution < -0.4 is 15.2 Å². The van der Waals surface area contributed by atoms with Gasteiger partial charge in [-0.2, -0.15) is 0 Å². The number of nitrogens with zero attached hydrogens (tertiary/aromatic N) is 1. The Morgan fingerprint density at radius 3 is 2.70 bits per heavy atom. The summed E-state index contributed by atoms with van der Waals surface area (Å²) in [6.45, 7) is 3.87. The van der Waals surface area contributed by atoms with Gasteiger partial charge in [-0.05, 0) is 38.0 Å². The molecule has 1 fully saturated rings. The lowest BCUT2D eigenvalue weighted by Crippen LogP contribution is -2.48. The maximum Gasteiger partial charge on any atom is 0.123 e. The van der Waals surface area contributed by atoms with Crippen LogP contribution in [0.4, 0.5) is 0 Å². The zero-order chi connectivity index (χ0) is 14.5. The van der Waals surface area contributed by atoms with Crippen molar-refractivity contribution in [3.8, 4) is 11.5 Å². The Hall–Kier alpha value is -1.26. The largest absolute Gasteiger partial charge is 0.497 e. The molecular weight excluding hydrogens is 252 g/mol. The molecule has 1 saturated heterocycles. The van der Waals surface area contributed by atoms with Crippen molar-refractivity contribution in [2.24, 2.45) is 5.73 Å². The zero-order valence-electron chi connectivity index (χ0n) is 12.8. The second kappa shape index (κ2) is 6.95. The molecule has 1 aromatic carbocycles. The molecule has 0 spiro atoms. The van der Waals surface area contributed by atoms with Crippen LogP contribution in [-0.4, -0.2) is 37.7 Å². The summed E-state index contributed by atoms with van der Waals surface area (Å²) in [4.78, 5) is 2.50. The molecule has 2 rings (SSSR count). The first kappa shape index (κ1) is 15.1. The Morgan fingerprint density at radius 2 is 2.05 bits per heavy atom. The molecule has 2 N–H and O–H groups in total. The van der Waals surface area contributed by atoms with Gasteiger partial charge in [0.15, 0.2) is 0 Å². The average Bonchev–Trinajstić information content (AvgIpc) is 2.49. The van der Waals surface area contributed by atoms with Crippen molar-refractivity contribution in [1.29, 1.82) is 0 Å². The second-order valence-corrected chi connectivity index (χ2v) is 5.52. The van der Waals surface area contributed by atoms with Crippen molar-refractivity contribution in [3.05, 3.63) is 23.8 Å². The lowest BCUT2D eigenvalue weighted by Gasteiger charge is -2.40. The van der Waals surface area contributed by atoms with Gasteiger partial charge >= 0.3 is 0 Å². The van der Waals surface area contributed by atoms with Crippen LogP contribution in [-0.2, 0) is 6.54 Å². The van der Waals surface area contributed by atoms with E-state index in [2.05, 4.69) is 17.9 Å². The molecule has 4 nitrogen and oxygen atoms in total. The highest BCUT2D eigenvalue weighted by molar-refractivity contribution is 5.40. The number of methoxy groups -OCH3 is 2. The van der Waals surface area contributed by atoms with E-state index in [-0.39, 0.29) is 0 Å². The highest BCUT2D eigenvalue weighted by atomic mass is 16.5. The first-order chi connectivity index (χ1) is 9.69. The summed E-state index contributed by atoms with van der Waals surface area (Å²) in [7, 11) is 3.41. The summed E-state index contributed by atoms with van der Waals surface area (Å²) in [6.07, 6.45) is 3.70. The van der Waals surface area contributed by atoms with Gasteiger partial charge in [0.25, 0.3) is 0 Å². The van der Waals surface area contributed by atoms with Crippen molar-refractivity contribution >= 4 is 0 Å². The van der Waals surface area contributed by atoms with Crippen molar-refractivity contribution in [2.75, 3.05) is 20.8 Å². The molecule has 0 aliphatic carbocycles. The van der Waals surface area contributed by atoms with E-state index >= 15 is 0 Å². The Labute approximate surface area is 121 Å². The van der Waals surface area contributed by atoms with E-state index in [1.165, 1.54) is 24.8 Å². The quantitative estimate of drug-likeness (QED) is 0.898. The first-order valence-electron chi connectivity index (χ1n) is 7.36. The summed E-state index contributed by atoms with van der Waals surface area (Å²) in [6, 6.07) is 7.00. The smallest absolute Gasteiger partial charge is 0.123 e. The number of piperidine rings is 1. The van der Waals surface area contributed by atoms with Gasteiger partial charge in [0, 0.05) is 30.7 Å². The Bertz CT molecular complexity index is 436. The van der Waals surface area contributed by atoms with Crippen LogP contribution in [0.3, 0.4) is 0 Å². The number of rotatable bonds is 5. The van der Waals surface area contributed by atoms with E-state index in [4.69, 9.17) is 15.2 Å². The maximum absolute atomic E-state index is 5.94. The molecule has 1 aromatic rings. The van der Waals surface area contributed by atoms with Crippen molar-refractivity contribution in [3.63, 3.8) is 0 Å². The van der Waals surface area contributed by atoms with Gasteiger partial charge in [-0.15, -0.1) is 0 Å². The zero-order valence-corrected chi connectivity index (χ0v) is 12.8. The van der Waals surface area contributed by atoms with Crippen LogP contribution in [0.1, 0.15) is 31.7 Å². The standard InChI is InChI=1S/C16H26N2O2/c1-12-5-4-6-14(10-17)18(12)11-13-9-15(19-2)7-8-16(13)20-3/h7-9,12,14H,4-6,10-11,17H2,1-3H3. The molecule has 1 aliphatic rings. The predicted octanol–water partition coefficient (Wildman–Crippen LogP) is 2.41. The summed E-state index contributed by atoms with van der Waals surface area (Å²) in [5.41, 5.74) is 7.10. The maximum atomic E-state index is 5.94. The third kappa shape index (κ3) is 3.25. The third-order valence-electron chi connectivity index (χ3n) is 4.31. The van der Waals surface area contributed by atoms with Crippen LogP contribution in [0.25, 0.3) is 0 Å².